The average molecular weight is 322 g/mol. The van der Waals surface area contributed by atoms with Gasteiger partial charge in [-0.25, -0.2) is 8.42 Å². The van der Waals surface area contributed by atoms with Gasteiger partial charge in [0.1, 0.15) is 0 Å². The zero-order chi connectivity index (χ0) is 16.6. The van der Waals surface area contributed by atoms with Crippen molar-refractivity contribution >= 4 is 9.84 Å². The van der Waals surface area contributed by atoms with Gasteiger partial charge in [-0.05, 0) is 45.7 Å². The minimum Gasteiger partial charge on any atom is -0.365 e. The molecule has 1 aromatic carbocycles. The van der Waals surface area contributed by atoms with E-state index in [1.165, 1.54) is 18.3 Å². The first-order chi connectivity index (χ1) is 10.4. The summed E-state index contributed by atoms with van der Waals surface area (Å²) in [6, 6.07) is 8.45. The highest BCUT2D eigenvalue weighted by Crippen LogP contribution is 2.20. The van der Waals surface area contributed by atoms with Gasteiger partial charge in [-0.15, -0.1) is 0 Å². The first kappa shape index (κ1) is 18.7. The topological polar surface area (TPSA) is 43.4 Å². The summed E-state index contributed by atoms with van der Waals surface area (Å²) in [4.78, 5) is 0.303. The van der Waals surface area contributed by atoms with E-state index in [0.717, 1.165) is 12.8 Å². The van der Waals surface area contributed by atoms with Gasteiger partial charge < -0.3 is 4.74 Å². The highest BCUT2D eigenvalue weighted by Gasteiger charge is 2.26. The van der Waals surface area contributed by atoms with E-state index < -0.39 is 15.3 Å². The molecule has 1 atom stereocenters. The summed E-state index contributed by atoms with van der Waals surface area (Å²) in [5.41, 5.74) is 1.64. The maximum atomic E-state index is 12.5. The Morgan fingerprint density at radius 3 is 2.32 bits per heavy atom. The fraction of sp³-hybridized carbons (Fsp3) is 0.444. The molecular weight excluding hydrogens is 296 g/mol. The Kier molecular flexibility index (Phi) is 7.56. The number of methoxy groups -OCH3 is 1. The largest absolute Gasteiger partial charge is 0.365 e. The van der Waals surface area contributed by atoms with Crippen molar-refractivity contribution < 1.29 is 13.2 Å². The lowest BCUT2D eigenvalue weighted by molar-refractivity contribution is 0.165. The lowest BCUT2D eigenvalue weighted by Gasteiger charge is -2.15. The Hall–Kier alpha value is -1.39. The molecule has 0 bridgehead atoms. The van der Waals surface area contributed by atoms with Gasteiger partial charge in [-0.1, -0.05) is 41.5 Å². The lowest BCUT2D eigenvalue weighted by Crippen LogP contribution is -2.23. The molecular formula is C18H26O3S. The predicted octanol–water partition coefficient (Wildman–Crippen LogP) is 4.52. The van der Waals surface area contributed by atoms with Crippen LogP contribution in [0.15, 0.2) is 58.5 Å². The maximum Gasteiger partial charge on any atom is 0.205 e. The molecule has 122 valence electrons. The first-order valence-electron chi connectivity index (χ1n) is 7.48. The van der Waals surface area contributed by atoms with Crippen molar-refractivity contribution in [3.63, 3.8) is 0 Å². The van der Waals surface area contributed by atoms with Crippen LogP contribution in [0.2, 0.25) is 0 Å². The smallest absolute Gasteiger partial charge is 0.205 e. The van der Waals surface area contributed by atoms with Crippen LogP contribution in [0, 0.1) is 0 Å². The highest BCUT2D eigenvalue weighted by molar-refractivity contribution is 7.91. The fourth-order valence-corrected chi connectivity index (χ4v) is 3.54. The third-order valence-corrected chi connectivity index (χ3v) is 5.44. The van der Waals surface area contributed by atoms with Crippen LogP contribution in [-0.2, 0) is 14.6 Å². The van der Waals surface area contributed by atoms with Crippen LogP contribution in [0.25, 0.3) is 0 Å². The summed E-state index contributed by atoms with van der Waals surface area (Å²) >= 11 is 0. The molecule has 0 amide bonds. The van der Waals surface area contributed by atoms with Crippen LogP contribution < -0.4 is 0 Å². The zero-order valence-corrected chi connectivity index (χ0v) is 14.7. The number of allylic oxidation sites excluding steroid dienone is 3. The SMILES string of the molecule is COC(CC=C(C)CCC=C(C)C)S(=O)(=O)c1ccccc1. The standard InChI is InChI=1S/C18H26O3S/c1-15(2)9-8-10-16(3)13-14-18(21-4)22(19,20)17-11-6-5-7-12-17/h5-7,9,11-13,18H,8,10,14H2,1-4H3. The maximum absolute atomic E-state index is 12.5. The van der Waals surface area contributed by atoms with Gasteiger partial charge in [0.25, 0.3) is 0 Å². The van der Waals surface area contributed by atoms with Gasteiger partial charge >= 0.3 is 0 Å². The van der Waals surface area contributed by atoms with Crippen molar-refractivity contribution in [2.24, 2.45) is 0 Å². The van der Waals surface area contributed by atoms with Crippen LogP contribution in [0.5, 0.6) is 0 Å². The van der Waals surface area contributed by atoms with Crippen LogP contribution in [0.4, 0.5) is 0 Å². The van der Waals surface area contributed by atoms with E-state index in [-0.39, 0.29) is 0 Å². The monoisotopic (exact) mass is 322 g/mol. The summed E-state index contributed by atoms with van der Waals surface area (Å²) in [6.45, 7) is 6.18. The Morgan fingerprint density at radius 2 is 1.77 bits per heavy atom. The molecule has 0 saturated carbocycles. The van der Waals surface area contributed by atoms with E-state index in [9.17, 15) is 8.42 Å². The van der Waals surface area contributed by atoms with Gasteiger partial charge in [-0.3, -0.25) is 0 Å². The predicted molar refractivity (Wildman–Crippen MR) is 91.5 cm³/mol. The molecule has 0 heterocycles. The molecule has 0 saturated heterocycles. The van der Waals surface area contributed by atoms with E-state index in [1.807, 2.05) is 13.0 Å². The molecule has 3 nitrogen and oxygen atoms in total. The summed E-state index contributed by atoms with van der Waals surface area (Å²) in [6.07, 6.45) is 6.44. The van der Waals surface area contributed by atoms with E-state index in [2.05, 4.69) is 19.9 Å². The van der Waals surface area contributed by atoms with E-state index >= 15 is 0 Å². The molecule has 4 heteroatoms. The molecule has 0 fully saturated rings. The first-order valence-corrected chi connectivity index (χ1v) is 9.03. The highest BCUT2D eigenvalue weighted by atomic mass is 32.2. The summed E-state index contributed by atoms with van der Waals surface area (Å²) in [5.74, 6) is 0. The number of hydrogen-bond donors (Lipinski definition) is 0. The summed E-state index contributed by atoms with van der Waals surface area (Å²) < 4.78 is 30.2. The number of benzene rings is 1. The second kappa shape index (κ2) is 8.91. The molecule has 0 aliphatic carbocycles. The van der Waals surface area contributed by atoms with Gasteiger partial charge in [0.2, 0.25) is 9.84 Å². The number of hydrogen-bond acceptors (Lipinski definition) is 3. The van der Waals surface area contributed by atoms with Crippen molar-refractivity contribution in [3.8, 4) is 0 Å². The van der Waals surface area contributed by atoms with Crippen LogP contribution in [0.1, 0.15) is 40.0 Å². The van der Waals surface area contributed by atoms with Crippen molar-refractivity contribution in [2.45, 2.75) is 50.4 Å². The molecule has 1 aromatic rings. The van der Waals surface area contributed by atoms with Gasteiger partial charge in [0.15, 0.2) is 5.44 Å². The Labute approximate surface area is 134 Å². The van der Waals surface area contributed by atoms with Gasteiger partial charge in [-0.2, -0.15) is 0 Å². The minimum atomic E-state index is -3.46. The Bertz CT molecular complexity index is 609. The molecule has 0 spiro atoms. The third kappa shape index (κ3) is 5.78. The lowest BCUT2D eigenvalue weighted by atomic mass is 10.1. The van der Waals surface area contributed by atoms with Crippen molar-refractivity contribution in [2.75, 3.05) is 7.11 Å². The van der Waals surface area contributed by atoms with Gasteiger partial charge in [0.05, 0.1) is 4.90 Å². The Balaban J connectivity index is 2.75. The van der Waals surface area contributed by atoms with Crippen molar-refractivity contribution in [1.82, 2.24) is 0 Å². The summed E-state index contributed by atoms with van der Waals surface area (Å²) in [7, 11) is -2.02. The summed E-state index contributed by atoms with van der Waals surface area (Å²) in [5, 5.41) is 0. The van der Waals surface area contributed by atoms with Crippen molar-refractivity contribution in [1.29, 1.82) is 0 Å². The molecule has 0 aliphatic heterocycles. The van der Waals surface area contributed by atoms with E-state index in [1.54, 1.807) is 30.3 Å². The zero-order valence-electron chi connectivity index (χ0n) is 13.9. The normalized spacial score (nSPS) is 13.7. The molecule has 1 rings (SSSR count). The molecule has 22 heavy (non-hydrogen) atoms. The fourth-order valence-electron chi connectivity index (χ4n) is 2.10. The number of rotatable bonds is 8. The third-order valence-electron chi connectivity index (χ3n) is 3.43. The van der Waals surface area contributed by atoms with E-state index in [4.69, 9.17) is 4.74 Å². The van der Waals surface area contributed by atoms with Gasteiger partial charge in [0, 0.05) is 13.5 Å². The van der Waals surface area contributed by atoms with Crippen LogP contribution >= 0.6 is 0 Å². The number of ether oxygens (including phenoxy) is 1. The molecule has 0 N–H and O–H groups in total. The molecule has 1 unspecified atom stereocenters. The Morgan fingerprint density at radius 1 is 1.14 bits per heavy atom. The van der Waals surface area contributed by atoms with Crippen LogP contribution in [-0.4, -0.2) is 21.0 Å². The molecule has 0 radical (unpaired) electrons. The second-order valence-electron chi connectivity index (χ2n) is 5.63. The van der Waals surface area contributed by atoms with Crippen LogP contribution in [0.3, 0.4) is 0 Å². The number of sulfone groups is 1. The van der Waals surface area contributed by atoms with Crippen molar-refractivity contribution in [3.05, 3.63) is 53.6 Å². The molecule has 0 aliphatic rings. The minimum absolute atomic E-state index is 0.303. The average Bonchev–Trinajstić information content (AvgIpc) is 2.48. The molecule has 0 aromatic heterocycles. The quantitative estimate of drug-likeness (QED) is 0.661. The second-order valence-corrected chi connectivity index (χ2v) is 7.72. The van der Waals surface area contributed by atoms with E-state index in [0.29, 0.717) is 11.3 Å².